The van der Waals surface area contributed by atoms with Gasteiger partial charge in [0.15, 0.2) is 0 Å². The van der Waals surface area contributed by atoms with Crippen molar-refractivity contribution in [1.82, 2.24) is 20.6 Å². The molecule has 4 N–H and O–H groups in total. The summed E-state index contributed by atoms with van der Waals surface area (Å²) in [5, 5.41) is 29.8. The average molecular weight is 812 g/mol. The third-order valence-electron chi connectivity index (χ3n) is 14.2. The molecule has 0 aromatic heterocycles. The molecule has 0 spiro atoms. The molecule has 2 aliphatic heterocycles. The van der Waals surface area contributed by atoms with Crippen LogP contribution >= 0.6 is 0 Å². The number of ether oxygens (including phenoxy) is 1. The maximum absolute atomic E-state index is 14.4. The van der Waals surface area contributed by atoms with Gasteiger partial charge >= 0.3 is 0 Å². The second-order valence-corrected chi connectivity index (χ2v) is 18.4. The Bertz CT molecular complexity index is 1880. The third kappa shape index (κ3) is 9.97. The quantitative estimate of drug-likeness (QED) is 0.143. The van der Waals surface area contributed by atoms with E-state index in [1.807, 2.05) is 73.6 Å². The molecule has 9 atom stereocenters. The van der Waals surface area contributed by atoms with E-state index in [1.54, 1.807) is 19.1 Å². The lowest BCUT2D eigenvalue weighted by Gasteiger charge is -2.50. The number of aliphatic hydroxyl groups is 2. The number of anilines is 1. The zero-order valence-electron chi connectivity index (χ0n) is 36.8. The first-order valence-electron chi connectivity index (χ1n) is 21.7. The van der Waals surface area contributed by atoms with Gasteiger partial charge in [-0.1, -0.05) is 83.1 Å². The molecule has 0 radical (unpaired) electrons. The SMILES string of the molecule is COc1c(CN2O[C@@H](CO)[C@@H]([C@H](C)O)[C@H]2C(=O)N[C@H]2C[C@@H](C)C(C)(C)[C@@H](C)[C@@H]2C)cccc1-c1cc(C(=O)N[C@@H](Cc2ccccc2)CN2CCCC2)cc(N(C)C)c1. The Morgan fingerprint density at radius 3 is 2.37 bits per heavy atom. The van der Waals surface area contributed by atoms with E-state index in [9.17, 15) is 19.8 Å². The number of nitrogens with one attached hydrogen (secondary N) is 2. The predicted octanol–water partition coefficient (Wildman–Crippen LogP) is 6.16. The second-order valence-electron chi connectivity index (χ2n) is 18.4. The molecule has 3 fully saturated rings. The fourth-order valence-corrected chi connectivity index (χ4v) is 9.82. The lowest BCUT2D eigenvalue weighted by molar-refractivity contribution is -0.182. The third-order valence-corrected chi connectivity index (χ3v) is 14.2. The number of hydrogen-bond donors (Lipinski definition) is 4. The average Bonchev–Trinajstić information content (AvgIpc) is 3.87. The second kappa shape index (κ2) is 19.1. The summed E-state index contributed by atoms with van der Waals surface area (Å²) in [5.41, 5.74) is 5.10. The van der Waals surface area contributed by atoms with Gasteiger partial charge in [-0.2, -0.15) is 5.06 Å². The van der Waals surface area contributed by atoms with Crippen molar-refractivity contribution in [3.63, 3.8) is 0 Å². The number of methoxy groups -OCH3 is 1. The number of para-hydroxylation sites is 1. The minimum atomic E-state index is -0.914. The van der Waals surface area contributed by atoms with Crippen LogP contribution in [0.25, 0.3) is 11.1 Å². The maximum atomic E-state index is 14.4. The highest BCUT2D eigenvalue weighted by molar-refractivity contribution is 5.97. The molecule has 2 amide bonds. The molecule has 1 saturated carbocycles. The van der Waals surface area contributed by atoms with Crippen LogP contribution in [-0.2, 0) is 22.6 Å². The molecule has 3 aliphatic rings. The van der Waals surface area contributed by atoms with Crippen LogP contribution in [0.3, 0.4) is 0 Å². The van der Waals surface area contributed by atoms with Gasteiger partial charge in [-0.05, 0) is 98.2 Å². The number of likely N-dealkylation sites (tertiary alicyclic amines) is 1. The van der Waals surface area contributed by atoms with E-state index in [1.165, 1.54) is 18.4 Å². The Morgan fingerprint density at radius 1 is 1.02 bits per heavy atom. The van der Waals surface area contributed by atoms with E-state index < -0.39 is 24.2 Å². The molecule has 0 bridgehead atoms. The van der Waals surface area contributed by atoms with Crippen molar-refractivity contribution < 1.29 is 29.4 Å². The minimum absolute atomic E-state index is 0.0349. The number of nitrogens with zero attached hydrogens (tertiary/aromatic N) is 3. The molecule has 322 valence electrons. The molecular formula is C48H69N5O6. The topological polar surface area (TPSA) is 127 Å². The maximum Gasteiger partial charge on any atom is 0.251 e. The van der Waals surface area contributed by atoms with Gasteiger partial charge in [-0.3, -0.25) is 14.4 Å². The van der Waals surface area contributed by atoms with Crippen molar-refractivity contribution in [2.75, 3.05) is 52.3 Å². The Balaban J connectivity index is 1.29. The number of amides is 2. The smallest absolute Gasteiger partial charge is 0.251 e. The Labute approximate surface area is 352 Å². The van der Waals surface area contributed by atoms with Gasteiger partial charge in [-0.15, -0.1) is 0 Å². The number of rotatable bonds is 15. The standard InChI is InChI=1S/C48H69N5O6/c1-30-22-41(31(2)32(3)48(30,5)6)50-47(57)44-43(33(4)55)42(29-54)59-53(44)27-35-18-15-19-40(45(35)58-9)36-24-37(26-39(25-36)51(7)8)46(56)49-38(28-52-20-13-14-21-52)23-34-16-11-10-12-17-34/h10-12,15-19,24-26,30-33,38,41-44,54-55H,13-14,20-23,27-29H2,1-9H3,(H,49,56)(H,50,57)/t30-,31+,32+,33+,38+,41+,42+,43-,44+/m1/s1. The summed E-state index contributed by atoms with van der Waals surface area (Å²) in [6.45, 7) is 15.7. The molecule has 6 rings (SSSR count). The van der Waals surface area contributed by atoms with E-state index in [4.69, 9.17) is 9.57 Å². The first kappa shape index (κ1) is 44.5. The molecule has 11 heteroatoms. The number of carbonyl (C=O) groups is 2. The lowest BCUT2D eigenvalue weighted by atomic mass is 9.58. The summed E-state index contributed by atoms with van der Waals surface area (Å²) in [6.07, 6.45) is 2.27. The monoisotopic (exact) mass is 812 g/mol. The number of aliphatic hydroxyl groups excluding tert-OH is 2. The molecule has 2 saturated heterocycles. The van der Waals surface area contributed by atoms with Gasteiger partial charge < -0.3 is 35.4 Å². The molecule has 1 aliphatic carbocycles. The zero-order valence-corrected chi connectivity index (χ0v) is 36.8. The van der Waals surface area contributed by atoms with Gasteiger partial charge in [0.2, 0.25) is 5.91 Å². The van der Waals surface area contributed by atoms with Crippen molar-refractivity contribution in [3.05, 3.63) is 83.4 Å². The van der Waals surface area contributed by atoms with Crippen LogP contribution in [0, 0.1) is 29.1 Å². The summed E-state index contributed by atoms with van der Waals surface area (Å²) >= 11 is 0. The fourth-order valence-electron chi connectivity index (χ4n) is 9.82. The zero-order chi connectivity index (χ0) is 42.6. The molecule has 59 heavy (non-hydrogen) atoms. The Hall–Kier alpha value is -4.00. The molecule has 3 aromatic rings. The van der Waals surface area contributed by atoms with Gasteiger partial charge in [0.25, 0.3) is 5.91 Å². The number of hydrogen-bond acceptors (Lipinski definition) is 9. The Morgan fingerprint density at radius 2 is 1.73 bits per heavy atom. The molecular weight excluding hydrogens is 743 g/mol. The molecule has 3 aromatic carbocycles. The normalized spacial score (nSPS) is 26.9. The molecule has 2 heterocycles. The molecule has 11 nitrogen and oxygen atoms in total. The summed E-state index contributed by atoms with van der Waals surface area (Å²) in [5.74, 6) is 0.615. The van der Waals surface area contributed by atoms with Crippen LogP contribution in [0.1, 0.15) is 82.3 Å². The van der Waals surface area contributed by atoms with Crippen molar-refractivity contribution in [3.8, 4) is 16.9 Å². The number of carbonyl (C=O) groups excluding carboxylic acids is 2. The van der Waals surface area contributed by atoms with Crippen LogP contribution in [0.5, 0.6) is 5.75 Å². The van der Waals surface area contributed by atoms with Crippen LogP contribution < -0.4 is 20.3 Å². The summed E-state index contributed by atoms with van der Waals surface area (Å²) in [7, 11) is 5.54. The highest BCUT2D eigenvalue weighted by Crippen LogP contribution is 2.48. The summed E-state index contributed by atoms with van der Waals surface area (Å²) in [6, 6.07) is 21.1. The van der Waals surface area contributed by atoms with Crippen LogP contribution in [0.4, 0.5) is 5.69 Å². The van der Waals surface area contributed by atoms with Gasteiger partial charge in [0.1, 0.15) is 17.9 Å². The van der Waals surface area contributed by atoms with Gasteiger partial charge in [0.05, 0.1) is 26.4 Å². The van der Waals surface area contributed by atoms with Gasteiger partial charge in [-0.25, -0.2) is 0 Å². The number of benzene rings is 3. The first-order chi connectivity index (χ1) is 28.1. The lowest BCUT2D eigenvalue weighted by Crippen LogP contribution is -2.56. The van der Waals surface area contributed by atoms with Crippen molar-refractivity contribution in [1.29, 1.82) is 0 Å². The van der Waals surface area contributed by atoms with Crippen LogP contribution in [-0.4, -0.2) is 110 Å². The van der Waals surface area contributed by atoms with Crippen molar-refractivity contribution in [2.24, 2.45) is 29.1 Å². The fraction of sp³-hybridized carbons (Fsp3) is 0.583. The van der Waals surface area contributed by atoms with Crippen molar-refractivity contribution >= 4 is 17.5 Å². The highest BCUT2D eigenvalue weighted by atomic mass is 16.7. The first-order valence-corrected chi connectivity index (χ1v) is 21.7. The van der Waals surface area contributed by atoms with E-state index in [0.29, 0.717) is 23.1 Å². The van der Waals surface area contributed by atoms with Crippen LogP contribution in [0.15, 0.2) is 66.7 Å². The number of hydroxylamine groups is 2. The van der Waals surface area contributed by atoms with E-state index in [0.717, 1.165) is 54.9 Å². The van der Waals surface area contributed by atoms with Crippen LogP contribution in [0.2, 0.25) is 0 Å². The van der Waals surface area contributed by atoms with Crippen molar-refractivity contribution in [2.45, 2.75) is 104 Å². The Kier molecular flexibility index (Phi) is 14.5. The summed E-state index contributed by atoms with van der Waals surface area (Å²) in [4.78, 5) is 39.4. The summed E-state index contributed by atoms with van der Waals surface area (Å²) < 4.78 is 6.15. The van der Waals surface area contributed by atoms with E-state index in [-0.39, 0.29) is 48.4 Å². The largest absolute Gasteiger partial charge is 0.496 e. The van der Waals surface area contributed by atoms with E-state index >= 15 is 0 Å². The molecule has 0 unspecified atom stereocenters. The minimum Gasteiger partial charge on any atom is -0.496 e. The predicted molar refractivity (Wildman–Crippen MR) is 234 cm³/mol. The highest BCUT2D eigenvalue weighted by Gasteiger charge is 2.51. The van der Waals surface area contributed by atoms with E-state index in [2.05, 4.69) is 62.3 Å². The van der Waals surface area contributed by atoms with Gasteiger partial charge in [0, 0.05) is 61.0 Å².